The van der Waals surface area contributed by atoms with Crippen LogP contribution in [0.15, 0.2) is 12.1 Å². The van der Waals surface area contributed by atoms with E-state index in [1.165, 1.54) is 6.92 Å². The maximum Gasteiger partial charge on any atom is 0.161 e. The lowest BCUT2D eigenvalue weighted by Crippen LogP contribution is -2.16. The number of halogens is 1. The van der Waals surface area contributed by atoms with Crippen molar-refractivity contribution in [3.05, 3.63) is 23.3 Å². The van der Waals surface area contributed by atoms with E-state index < -0.39 is 6.17 Å². The molecule has 3 nitrogen and oxygen atoms in total. The van der Waals surface area contributed by atoms with E-state index in [4.69, 9.17) is 15.2 Å². The van der Waals surface area contributed by atoms with Gasteiger partial charge in [-0.2, -0.15) is 0 Å². The van der Waals surface area contributed by atoms with Gasteiger partial charge in [0.25, 0.3) is 0 Å². The normalized spacial score (nSPS) is 15.9. The van der Waals surface area contributed by atoms with Crippen molar-refractivity contribution in [1.82, 2.24) is 0 Å². The largest absolute Gasteiger partial charge is 0.486 e. The maximum atomic E-state index is 13.5. The second-order valence-corrected chi connectivity index (χ2v) is 3.85. The van der Waals surface area contributed by atoms with Crippen LogP contribution in [0.1, 0.15) is 24.2 Å². The first-order valence-corrected chi connectivity index (χ1v) is 5.49. The van der Waals surface area contributed by atoms with E-state index in [1.54, 1.807) is 6.07 Å². The van der Waals surface area contributed by atoms with Crippen molar-refractivity contribution in [2.24, 2.45) is 5.73 Å². The minimum absolute atomic E-state index is 0.499. The molecule has 0 saturated carbocycles. The van der Waals surface area contributed by atoms with E-state index in [-0.39, 0.29) is 0 Å². The van der Waals surface area contributed by atoms with Crippen LogP contribution in [-0.2, 0) is 6.42 Å². The van der Waals surface area contributed by atoms with Gasteiger partial charge in [0.05, 0.1) is 0 Å². The number of rotatable bonds is 3. The van der Waals surface area contributed by atoms with Crippen LogP contribution in [0.2, 0.25) is 0 Å². The van der Waals surface area contributed by atoms with E-state index >= 15 is 0 Å². The Kier molecular flexibility index (Phi) is 3.29. The molecule has 0 radical (unpaired) electrons. The van der Waals surface area contributed by atoms with Crippen LogP contribution in [0.5, 0.6) is 11.5 Å². The molecule has 1 aliphatic heterocycles. The van der Waals surface area contributed by atoms with Crippen LogP contribution >= 0.6 is 0 Å². The zero-order valence-corrected chi connectivity index (χ0v) is 9.33. The zero-order chi connectivity index (χ0) is 11.5. The number of ether oxygens (including phenoxy) is 2. The molecule has 0 spiro atoms. The molecular weight excluding hydrogens is 209 g/mol. The third-order valence-corrected chi connectivity index (χ3v) is 2.65. The highest BCUT2D eigenvalue weighted by molar-refractivity contribution is 5.49. The van der Waals surface area contributed by atoms with Crippen molar-refractivity contribution < 1.29 is 13.9 Å². The summed E-state index contributed by atoms with van der Waals surface area (Å²) >= 11 is 0. The van der Waals surface area contributed by atoms with Crippen molar-refractivity contribution in [1.29, 1.82) is 0 Å². The predicted octanol–water partition coefficient (Wildman–Crippen LogP) is 1.99. The van der Waals surface area contributed by atoms with Gasteiger partial charge in [0.1, 0.15) is 19.4 Å². The molecule has 0 bridgehead atoms. The van der Waals surface area contributed by atoms with Crippen LogP contribution in [0.25, 0.3) is 0 Å². The van der Waals surface area contributed by atoms with Crippen molar-refractivity contribution in [2.75, 3.05) is 19.8 Å². The van der Waals surface area contributed by atoms with Gasteiger partial charge in [0.2, 0.25) is 0 Å². The van der Waals surface area contributed by atoms with Gasteiger partial charge in [0.15, 0.2) is 11.5 Å². The number of alkyl halides is 1. The van der Waals surface area contributed by atoms with Crippen LogP contribution in [0.3, 0.4) is 0 Å². The van der Waals surface area contributed by atoms with Crippen molar-refractivity contribution >= 4 is 0 Å². The predicted molar refractivity (Wildman–Crippen MR) is 59.7 cm³/mol. The lowest BCUT2D eigenvalue weighted by molar-refractivity contribution is 0.170. The summed E-state index contributed by atoms with van der Waals surface area (Å²) < 4.78 is 24.3. The van der Waals surface area contributed by atoms with Crippen molar-refractivity contribution in [3.63, 3.8) is 0 Å². The molecule has 1 aliphatic rings. The number of benzene rings is 1. The Labute approximate surface area is 94.3 Å². The molecule has 0 amide bonds. The summed E-state index contributed by atoms with van der Waals surface area (Å²) in [5.74, 6) is 1.32. The first-order valence-electron chi connectivity index (χ1n) is 5.49. The molecule has 1 atom stereocenters. The highest BCUT2D eigenvalue weighted by Crippen LogP contribution is 2.36. The third kappa shape index (κ3) is 2.11. The monoisotopic (exact) mass is 225 g/mol. The standard InChI is InChI=1S/C12H16FNO2/c1-8(13)10-7-12-11(15-4-5-16-12)6-9(10)2-3-14/h6-8H,2-5,14H2,1H3. The molecule has 1 heterocycles. The molecule has 0 saturated heterocycles. The molecular formula is C12H16FNO2. The van der Waals surface area contributed by atoms with E-state index in [9.17, 15) is 4.39 Å². The highest BCUT2D eigenvalue weighted by Gasteiger charge is 2.18. The second-order valence-electron chi connectivity index (χ2n) is 3.85. The molecule has 88 valence electrons. The summed E-state index contributed by atoms with van der Waals surface area (Å²) in [6.45, 7) is 3.08. The minimum Gasteiger partial charge on any atom is -0.486 e. The molecule has 0 aromatic heterocycles. The van der Waals surface area contributed by atoms with Crippen LogP contribution in [0, 0.1) is 0 Å². The molecule has 1 unspecified atom stereocenters. The summed E-state index contributed by atoms with van der Waals surface area (Å²) in [4.78, 5) is 0. The summed E-state index contributed by atoms with van der Waals surface area (Å²) in [7, 11) is 0. The fourth-order valence-electron chi connectivity index (χ4n) is 1.89. The first-order chi connectivity index (χ1) is 7.72. The van der Waals surface area contributed by atoms with Gasteiger partial charge in [0, 0.05) is 0 Å². The van der Waals surface area contributed by atoms with Gasteiger partial charge in [-0.15, -0.1) is 0 Å². The lowest BCUT2D eigenvalue weighted by atomic mass is 10.00. The van der Waals surface area contributed by atoms with Gasteiger partial charge >= 0.3 is 0 Å². The number of fused-ring (bicyclic) bond motifs is 1. The summed E-state index contributed by atoms with van der Waals surface area (Å²) in [6, 6.07) is 3.57. The maximum absolute atomic E-state index is 13.5. The lowest BCUT2D eigenvalue weighted by Gasteiger charge is -2.21. The van der Waals surface area contributed by atoms with E-state index in [0.29, 0.717) is 43.2 Å². The fraction of sp³-hybridized carbons (Fsp3) is 0.500. The minimum atomic E-state index is -1.02. The van der Waals surface area contributed by atoms with Gasteiger partial charge in [-0.25, -0.2) is 4.39 Å². The Morgan fingerprint density at radius 1 is 1.31 bits per heavy atom. The average molecular weight is 225 g/mol. The fourth-order valence-corrected chi connectivity index (χ4v) is 1.89. The van der Waals surface area contributed by atoms with E-state index in [0.717, 1.165) is 5.56 Å². The molecule has 4 heteroatoms. The Balaban J connectivity index is 2.41. The topological polar surface area (TPSA) is 44.5 Å². The first kappa shape index (κ1) is 11.2. The van der Waals surface area contributed by atoms with Gasteiger partial charge in [-0.1, -0.05) is 0 Å². The second kappa shape index (κ2) is 4.70. The summed E-state index contributed by atoms with van der Waals surface area (Å²) in [5.41, 5.74) is 7.06. The van der Waals surface area contributed by atoms with Crippen LogP contribution in [0.4, 0.5) is 4.39 Å². The smallest absolute Gasteiger partial charge is 0.161 e. The molecule has 0 fully saturated rings. The highest BCUT2D eigenvalue weighted by atomic mass is 19.1. The molecule has 2 N–H and O–H groups in total. The molecule has 0 aliphatic carbocycles. The molecule has 16 heavy (non-hydrogen) atoms. The Hall–Kier alpha value is -1.29. The summed E-state index contributed by atoms with van der Waals surface area (Å²) in [5, 5.41) is 0. The SMILES string of the molecule is CC(F)c1cc2c(cc1CCN)OCCO2. The van der Waals surface area contributed by atoms with Gasteiger partial charge in [-0.3, -0.25) is 0 Å². The van der Waals surface area contributed by atoms with Gasteiger partial charge in [-0.05, 0) is 43.1 Å². The summed E-state index contributed by atoms with van der Waals surface area (Å²) in [6.07, 6.45) is -0.363. The quantitative estimate of drug-likeness (QED) is 0.855. The Bertz CT molecular complexity index is 380. The third-order valence-electron chi connectivity index (χ3n) is 2.65. The van der Waals surface area contributed by atoms with E-state index in [2.05, 4.69) is 0 Å². The van der Waals surface area contributed by atoms with Crippen LogP contribution in [-0.4, -0.2) is 19.8 Å². The van der Waals surface area contributed by atoms with E-state index in [1.807, 2.05) is 6.07 Å². The molecule has 1 aromatic rings. The molecule has 1 aromatic carbocycles. The molecule has 2 rings (SSSR count). The Morgan fingerprint density at radius 2 is 1.94 bits per heavy atom. The average Bonchev–Trinajstić information content (AvgIpc) is 2.28. The number of hydrogen-bond donors (Lipinski definition) is 1. The van der Waals surface area contributed by atoms with Crippen molar-refractivity contribution in [2.45, 2.75) is 19.5 Å². The number of hydrogen-bond acceptors (Lipinski definition) is 3. The van der Waals surface area contributed by atoms with Crippen molar-refractivity contribution in [3.8, 4) is 11.5 Å². The van der Waals surface area contributed by atoms with Crippen LogP contribution < -0.4 is 15.2 Å². The van der Waals surface area contributed by atoms with Gasteiger partial charge < -0.3 is 15.2 Å². The Morgan fingerprint density at radius 3 is 2.50 bits per heavy atom. The number of nitrogens with two attached hydrogens (primary N) is 1. The zero-order valence-electron chi connectivity index (χ0n) is 9.33.